The number of anilines is 3. The van der Waals surface area contributed by atoms with E-state index in [-0.39, 0.29) is 23.1 Å². The first-order chi connectivity index (χ1) is 12.6. The summed E-state index contributed by atoms with van der Waals surface area (Å²) in [4.78, 5) is 20.5. The van der Waals surface area contributed by atoms with Gasteiger partial charge in [0, 0.05) is 12.4 Å². The fourth-order valence-electron chi connectivity index (χ4n) is 2.31. The molecule has 0 saturated carbocycles. The highest BCUT2D eigenvalue weighted by Gasteiger charge is 2.11. The number of carbonyl (C=O) groups excluding carboxylic acids is 1. The average Bonchev–Trinajstić information content (AvgIpc) is 2.64. The molecular weight excluding hydrogens is 335 g/mol. The highest BCUT2D eigenvalue weighted by atomic mass is 19.1. The zero-order valence-corrected chi connectivity index (χ0v) is 14.3. The van der Waals surface area contributed by atoms with E-state index in [9.17, 15) is 9.18 Å². The van der Waals surface area contributed by atoms with Gasteiger partial charge < -0.3 is 15.4 Å². The maximum absolute atomic E-state index is 13.6. The van der Waals surface area contributed by atoms with Crippen molar-refractivity contribution in [2.45, 2.75) is 6.92 Å². The molecule has 1 heterocycles. The molecule has 1 amide bonds. The maximum Gasteiger partial charge on any atom is 0.258 e. The second-order valence-corrected chi connectivity index (χ2v) is 5.56. The number of carbonyl (C=O) groups is 1. The van der Waals surface area contributed by atoms with E-state index in [0.29, 0.717) is 11.4 Å². The molecule has 0 bridgehead atoms. The van der Waals surface area contributed by atoms with Crippen LogP contribution in [-0.4, -0.2) is 23.0 Å². The van der Waals surface area contributed by atoms with Crippen molar-refractivity contribution in [3.63, 3.8) is 0 Å². The Bertz CT molecular complexity index is 929. The van der Waals surface area contributed by atoms with Gasteiger partial charge in [-0.15, -0.1) is 0 Å². The highest BCUT2D eigenvalue weighted by molar-refractivity contribution is 6.04. The lowest BCUT2D eigenvalue weighted by Gasteiger charge is -2.11. The summed E-state index contributed by atoms with van der Waals surface area (Å²) in [6.07, 6.45) is 2.74. The standard InChI is InChI=1S/C19H17FN4O2/c1-12-7-8-17(26-2)16(9-12)23-18(25)13-10-21-19(22-11-13)24-15-6-4-3-5-14(15)20/h3-11H,1-2H3,(H,23,25)(H,21,22,24). The van der Waals surface area contributed by atoms with Crippen LogP contribution in [-0.2, 0) is 0 Å². The van der Waals surface area contributed by atoms with Gasteiger partial charge in [-0.3, -0.25) is 4.79 Å². The summed E-state index contributed by atoms with van der Waals surface area (Å²) in [7, 11) is 1.53. The van der Waals surface area contributed by atoms with Gasteiger partial charge in [-0.1, -0.05) is 18.2 Å². The Hall–Kier alpha value is -3.48. The summed E-state index contributed by atoms with van der Waals surface area (Å²) < 4.78 is 18.9. The lowest BCUT2D eigenvalue weighted by atomic mass is 10.2. The Kier molecular flexibility index (Phi) is 5.07. The molecule has 0 atom stereocenters. The van der Waals surface area contributed by atoms with Crippen LogP contribution in [0.5, 0.6) is 5.75 Å². The molecule has 1 aromatic heterocycles. The van der Waals surface area contributed by atoms with E-state index in [4.69, 9.17) is 4.74 Å². The molecule has 2 aromatic carbocycles. The molecule has 0 aliphatic heterocycles. The van der Waals surface area contributed by atoms with Crippen molar-refractivity contribution in [2.75, 3.05) is 17.7 Å². The number of methoxy groups -OCH3 is 1. The van der Waals surface area contributed by atoms with Crippen LogP contribution >= 0.6 is 0 Å². The molecule has 0 unspecified atom stereocenters. The van der Waals surface area contributed by atoms with Crippen molar-refractivity contribution in [2.24, 2.45) is 0 Å². The minimum atomic E-state index is -0.413. The zero-order chi connectivity index (χ0) is 18.5. The molecule has 0 aliphatic rings. The predicted molar refractivity (Wildman–Crippen MR) is 97.4 cm³/mol. The third-order valence-electron chi connectivity index (χ3n) is 3.64. The van der Waals surface area contributed by atoms with Crippen molar-refractivity contribution >= 4 is 23.2 Å². The number of benzene rings is 2. The number of hydrogen-bond acceptors (Lipinski definition) is 5. The van der Waals surface area contributed by atoms with Gasteiger partial charge in [0.25, 0.3) is 5.91 Å². The summed E-state index contributed by atoms with van der Waals surface area (Å²) in [6.45, 7) is 1.92. The minimum Gasteiger partial charge on any atom is -0.495 e. The topological polar surface area (TPSA) is 76.1 Å². The van der Waals surface area contributed by atoms with E-state index in [1.807, 2.05) is 19.1 Å². The molecule has 0 aliphatic carbocycles. The lowest BCUT2D eigenvalue weighted by molar-refractivity contribution is 0.102. The monoisotopic (exact) mass is 352 g/mol. The summed E-state index contributed by atoms with van der Waals surface area (Å²) in [5.41, 5.74) is 2.08. The predicted octanol–water partition coefficient (Wildman–Crippen LogP) is 3.93. The fraction of sp³-hybridized carbons (Fsp3) is 0.105. The quantitative estimate of drug-likeness (QED) is 0.728. The fourth-order valence-corrected chi connectivity index (χ4v) is 2.31. The Balaban J connectivity index is 1.73. The van der Waals surface area contributed by atoms with Crippen LogP contribution in [0.3, 0.4) is 0 Å². The van der Waals surface area contributed by atoms with Crippen LogP contribution in [0.25, 0.3) is 0 Å². The Morgan fingerprint density at radius 1 is 1.08 bits per heavy atom. The SMILES string of the molecule is COc1ccc(C)cc1NC(=O)c1cnc(Nc2ccccc2F)nc1. The van der Waals surface area contributed by atoms with E-state index in [1.54, 1.807) is 24.3 Å². The van der Waals surface area contributed by atoms with Crippen LogP contribution in [0.2, 0.25) is 0 Å². The number of aryl methyl sites for hydroxylation is 1. The number of aromatic nitrogens is 2. The molecule has 26 heavy (non-hydrogen) atoms. The van der Waals surface area contributed by atoms with Crippen molar-refractivity contribution in [3.05, 3.63) is 71.8 Å². The maximum atomic E-state index is 13.6. The van der Waals surface area contributed by atoms with Gasteiger partial charge in [-0.05, 0) is 36.8 Å². The number of halogens is 1. The number of nitrogens with one attached hydrogen (secondary N) is 2. The molecule has 3 aromatic rings. The van der Waals surface area contributed by atoms with Gasteiger partial charge >= 0.3 is 0 Å². The van der Waals surface area contributed by atoms with Crippen molar-refractivity contribution in [1.29, 1.82) is 0 Å². The third-order valence-corrected chi connectivity index (χ3v) is 3.64. The largest absolute Gasteiger partial charge is 0.495 e. The van der Waals surface area contributed by atoms with E-state index >= 15 is 0 Å². The van der Waals surface area contributed by atoms with Crippen molar-refractivity contribution in [1.82, 2.24) is 9.97 Å². The lowest BCUT2D eigenvalue weighted by Crippen LogP contribution is -2.14. The second-order valence-electron chi connectivity index (χ2n) is 5.56. The van der Waals surface area contributed by atoms with Gasteiger partial charge in [-0.25, -0.2) is 14.4 Å². The molecule has 0 radical (unpaired) electrons. The molecule has 2 N–H and O–H groups in total. The van der Waals surface area contributed by atoms with Crippen LogP contribution in [0.1, 0.15) is 15.9 Å². The normalized spacial score (nSPS) is 10.3. The Morgan fingerprint density at radius 3 is 2.50 bits per heavy atom. The number of nitrogens with zero attached hydrogens (tertiary/aromatic N) is 2. The Labute approximate surface area is 150 Å². The first-order valence-electron chi connectivity index (χ1n) is 7.86. The molecule has 132 valence electrons. The number of ether oxygens (including phenoxy) is 1. The molecule has 6 nitrogen and oxygen atoms in total. The molecule has 7 heteroatoms. The van der Waals surface area contributed by atoms with Gasteiger partial charge in [0.1, 0.15) is 11.6 Å². The second kappa shape index (κ2) is 7.60. The smallest absolute Gasteiger partial charge is 0.258 e. The van der Waals surface area contributed by atoms with E-state index in [0.717, 1.165) is 5.56 Å². The number of para-hydroxylation sites is 1. The summed E-state index contributed by atoms with van der Waals surface area (Å²) >= 11 is 0. The van der Waals surface area contributed by atoms with E-state index in [1.165, 1.54) is 25.6 Å². The van der Waals surface area contributed by atoms with Crippen molar-refractivity contribution < 1.29 is 13.9 Å². The van der Waals surface area contributed by atoms with Gasteiger partial charge in [-0.2, -0.15) is 0 Å². The summed E-state index contributed by atoms with van der Waals surface area (Å²) in [5.74, 6) is -0.0294. The molecule has 0 spiro atoms. The zero-order valence-electron chi connectivity index (χ0n) is 14.3. The number of hydrogen-bond donors (Lipinski definition) is 2. The number of amides is 1. The van der Waals surface area contributed by atoms with E-state index in [2.05, 4.69) is 20.6 Å². The first kappa shape index (κ1) is 17.3. The van der Waals surface area contributed by atoms with Crippen LogP contribution in [0.15, 0.2) is 54.9 Å². The molecular formula is C19H17FN4O2. The first-order valence-corrected chi connectivity index (χ1v) is 7.86. The van der Waals surface area contributed by atoms with E-state index < -0.39 is 5.82 Å². The summed E-state index contributed by atoms with van der Waals surface area (Å²) in [5, 5.41) is 5.54. The van der Waals surface area contributed by atoms with Crippen LogP contribution < -0.4 is 15.4 Å². The van der Waals surface area contributed by atoms with Gasteiger partial charge in [0.15, 0.2) is 0 Å². The van der Waals surface area contributed by atoms with Gasteiger partial charge in [0.2, 0.25) is 5.95 Å². The van der Waals surface area contributed by atoms with Gasteiger partial charge in [0.05, 0.1) is 24.0 Å². The number of rotatable bonds is 5. The van der Waals surface area contributed by atoms with Crippen LogP contribution in [0.4, 0.5) is 21.7 Å². The van der Waals surface area contributed by atoms with Crippen LogP contribution in [0, 0.1) is 12.7 Å². The molecule has 0 fully saturated rings. The minimum absolute atomic E-state index is 0.194. The third kappa shape index (κ3) is 3.94. The summed E-state index contributed by atoms with van der Waals surface area (Å²) in [6, 6.07) is 11.7. The molecule has 3 rings (SSSR count). The Morgan fingerprint density at radius 2 is 1.81 bits per heavy atom. The highest BCUT2D eigenvalue weighted by Crippen LogP contribution is 2.25. The van der Waals surface area contributed by atoms with Crippen molar-refractivity contribution in [3.8, 4) is 5.75 Å². The average molecular weight is 352 g/mol. The molecule has 0 saturated heterocycles.